The van der Waals surface area contributed by atoms with Crippen LogP contribution < -0.4 is 0 Å². The highest BCUT2D eigenvalue weighted by Gasteiger charge is 2.28. The molecule has 136 valence electrons. The number of hydrogen-bond donors (Lipinski definition) is 0. The van der Waals surface area contributed by atoms with Crippen LogP contribution in [0.25, 0.3) is 0 Å². The van der Waals surface area contributed by atoms with Gasteiger partial charge in [-0.05, 0) is 30.3 Å². The zero-order valence-electron chi connectivity index (χ0n) is 13.5. The van der Waals surface area contributed by atoms with Crippen molar-refractivity contribution in [2.24, 2.45) is 0 Å². The van der Waals surface area contributed by atoms with Gasteiger partial charge in [0.05, 0.1) is 21.2 Å². The lowest BCUT2D eigenvalue weighted by Gasteiger charge is -2.35. The number of carbonyl (C=O) groups is 2. The van der Waals surface area contributed by atoms with Crippen molar-refractivity contribution in [3.8, 4) is 0 Å². The van der Waals surface area contributed by atoms with E-state index in [0.29, 0.717) is 23.7 Å². The van der Waals surface area contributed by atoms with E-state index in [1.54, 1.807) is 17.0 Å². The molecule has 0 radical (unpaired) electrons. The van der Waals surface area contributed by atoms with Gasteiger partial charge in [0.1, 0.15) is 5.82 Å². The van der Waals surface area contributed by atoms with Gasteiger partial charge in [0.15, 0.2) is 0 Å². The lowest BCUT2D eigenvalue weighted by Crippen LogP contribution is -2.50. The highest BCUT2D eigenvalue weighted by Crippen LogP contribution is 2.24. The average Bonchev–Trinajstić information content (AvgIpc) is 2.61. The summed E-state index contributed by atoms with van der Waals surface area (Å²) in [6.07, 6.45) is 0. The maximum Gasteiger partial charge on any atom is 0.258 e. The number of rotatable bonds is 2. The molecule has 1 saturated heterocycles. The Labute approximate surface area is 165 Å². The first-order valence-corrected chi connectivity index (χ1v) is 8.99. The largest absolute Gasteiger partial charge is 0.335 e. The Morgan fingerprint density at radius 1 is 0.846 bits per heavy atom. The van der Waals surface area contributed by atoms with Crippen LogP contribution in [0, 0.1) is 5.82 Å². The summed E-state index contributed by atoms with van der Waals surface area (Å²) in [5, 5.41) is 0.796. The molecule has 8 heteroatoms. The van der Waals surface area contributed by atoms with Crippen molar-refractivity contribution in [2.45, 2.75) is 0 Å². The Morgan fingerprint density at radius 3 is 2.04 bits per heavy atom. The van der Waals surface area contributed by atoms with Gasteiger partial charge >= 0.3 is 0 Å². The summed E-state index contributed by atoms with van der Waals surface area (Å²) >= 11 is 17.9. The fraction of sp³-hybridized carbons (Fsp3) is 0.222. The zero-order chi connectivity index (χ0) is 18.8. The number of nitrogens with zero attached hydrogens (tertiary/aromatic N) is 2. The van der Waals surface area contributed by atoms with Gasteiger partial charge in [-0.15, -0.1) is 0 Å². The summed E-state index contributed by atoms with van der Waals surface area (Å²) in [5.74, 6) is -1.37. The van der Waals surface area contributed by atoms with E-state index in [-0.39, 0.29) is 34.6 Å². The molecule has 0 aromatic heterocycles. The zero-order valence-corrected chi connectivity index (χ0v) is 15.8. The van der Waals surface area contributed by atoms with Crippen molar-refractivity contribution in [3.63, 3.8) is 0 Å². The SMILES string of the molecule is O=C(c1ccc(Cl)cc1Cl)N1CCN(C(=O)c2c(F)cccc2Cl)CC1. The number of halogens is 4. The lowest BCUT2D eigenvalue weighted by atomic mass is 10.1. The summed E-state index contributed by atoms with van der Waals surface area (Å²) < 4.78 is 13.9. The summed E-state index contributed by atoms with van der Waals surface area (Å²) in [6, 6.07) is 8.79. The summed E-state index contributed by atoms with van der Waals surface area (Å²) in [4.78, 5) is 28.2. The highest BCUT2D eigenvalue weighted by molar-refractivity contribution is 6.36. The van der Waals surface area contributed by atoms with Gasteiger partial charge in [0.2, 0.25) is 0 Å². The maximum atomic E-state index is 13.9. The second-order valence-electron chi connectivity index (χ2n) is 5.81. The Hall–Kier alpha value is -1.82. The number of hydrogen-bond acceptors (Lipinski definition) is 2. The fourth-order valence-corrected chi connectivity index (χ4v) is 3.54. The molecule has 0 aliphatic carbocycles. The molecule has 2 amide bonds. The lowest BCUT2D eigenvalue weighted by molar-refractivity contribution is 0.0533. The maximum absolute atomic E-state index is 13.9. The van der Waals surface area contributed by atoms with E-state index in [4.69, 9.17) is 34.8 Å². The van der Waals surface area contributed by atoms with E-state index in [0.717, 1.165) is 0 Å². The first-order valence-electron chi connectivity index (χ1n) is 7.86. The van der Waals surface area contributed by atoms with Crippen LogP contribution in [0.4, 0.5) is 4.39 Å². The molecule has 0 N–H and O–H groups in total. The minimum absolute atomic E-state index is 0.0708. The van der Waals surface area contributed by atoms with E-state index in [1.165, 1.54) is 29.2 Å². The number of benzene rings is 2. The summed E-state index contributed by atoms with van der Waals surface area (Å²) in [6.45, 7) is 1.19. The van der Waals surface area contributed by atoms with Gasteiger partial charge in [-0.1, -0.05) is 40.9 Å². The van der Waals surface area contributed by atoms with Crippen LogP contribution in [0.1, 0.15) is 20.7 Å². The molecule has 1 aliphatic rings. The molecule has 1 fully saturated rings. The van der Waals surface area contributed by atoms with Gasteiger partial charge in [-0.2, -0.15) is 0 Å². The van der Waals surface area contributed by atoms with Crippen LogP contribution >= 0.6 is 34.8 Å². The molecule has 2 aromatic rings. The minimum atomic E-state index is -0.658. The molecule has 0 spiro atoms. The quantitative estimate of drug-likeness (QED) is 0.730. The monoisotopic (exact) mass is 414 g/mol. The summed E-state index contributed by atoms with van der Waals surface area (Å²) in [7, 11) is 0. The Bertz CT molecular complexity index is 847. The molecule has 0 atom stereocenters. The predicted octanol–water partition coefficient (Wildman–Crippen LogP) is 4.38. The molecular formula is C18H14Cl3FN2O2. The van der Waals surface area contributed by atoms with Crippen LogP contribution in [0.5, 0.6) is 0 Å². The predicted molar refractivity (Wildman–Crippen MR) is 99.7 cm³/mol. The van der Waals surface area contributed by atoms with Crippen molar-refractivity contribution in [2.75, 3.05) is 26.2 Å². The molecule has 2 aromatic carbocycles. The molecule has 0 unspecified atom stereocenters. The first kappa shape index (κ1) is 19.0. The van der Waals surface area contributed by atoms with Gasteiger partial charge in [0, 0.05) is 31.2 Å². The van der Waals surface area contributed by atoms with Crippen LogP contribution in [0.15, 0.2) is 36.4 Å². The van der Waals surface area contributed by atoms with Crippen molar-refractivity contribution < 1.29 is 14.0 Å². The third kappa shape index (κ3) is 3.80. The number of amides is 2. The number of piperazine rings is 1. The van der Waals surface area contributed by atoms with Crippen LogP contribution in [-0.2, 0) is 0 Å². The molecule has 26 heavy (non-hydrogen) atoms. The fourth-order valence-electron chi connectivity index (χ4n) is 2.81. The third-order valence-corrected chi connectivity index (χ3v) is 5.06. The smallest absolute Gasteiger partial charge is 0.258 e. The third-order valence-electron chi connectivity index (χ3n) is 4.19. The Kier molecular flexibility index (Phi) is 5.70. The average molecular weight is 416 g/mol. The van der Waals surface area contributed by atoms with Crippen LogP contribution in [0.3, 0.4) is 0 Å². The van der Waals surface area contributed by atoms with Crippen molar-refractivity contribution in [1.29, 1.82) is 0 Å². The topological polar surface area (TPSA) is 40.6 Å². The first-order chi connectivity index (χ1) is 12.4. The molecular weight excluding hydrogens is 402 g/mol. The van der Waals surface area contributed by atoms with Gasteiger partial charge in [-0.25, -0.2) is 4.39 Å². The van der Waals surface area contributed by atoms with E-state index < -0.39 is 11.7 Å². The van der Waals surface area contributed by atoms with Gasteiger partial charge in [-0.3, -0.25) is 9.59 Å². The molecule has 0 saturated carbocycles. The second-order valence-corrected chi connectivity index (χ2v) is 7.06. The Morgan fingerprint density at radius 2 is 1.46 bits per heavy atom. The normalized spacial score (nSPS) is 14.5. The molecule has 1 aliphatic heterocycles. The van der Waals surface area contributed by atoms with E-state index in [1.807, 2.05) is 0 Å². The number of carbonyl (C=O) groups excluding carboxylic acids is 2. The Balaban J connectivity index is 1.69. The second kappa shape index (κ2) is 7.82. The van der Waals surface area contributed by atoms with Crippen LogP contribution in [-0.4, -0.2) is 47.8 Å². The highest BCUT2D eigenvalue weighted by atomic mass is 35.5. The summed E-state index contributed by atoms with van der Waals surface area (Å²) in [5.41, 5.74) is 0.211. The molecule has 0 bridgehead atoms. The standard InChI is InChI=1S/C18H14Cl3FN2O2/c19-11-4-5-12(14(21)10-11)17(25)23-6-8-24(9-7-23)18(26)16-13(20)2-1-3-15(16)22/h1-5,10H,6-9H2. The van der Waals surface area contributed by atoms with Gasteiger partial charge < -0.3 is 9.80 Å². The van der Waals surface area contributed by atoms with E-state index in [2.05, 4.69) is 0 Å². The molecule has 3 rings (SSSR count). The minimum Gasteiger partial charge on any atom is -0.335 e. The van der Waals surface area contributed by atoms with Crippen molar-refractivity contribution in [3.05, 3.63) is 68.4 Å². The van der Waals surface area contributed by atoms with Crippen LogP contribution in [0.2, 0.25) is 15.1 Å². The molecule has 4 nitrogen and oxygen atoms in total. The van der Waals surface area contributed by atoms with Gasteiger partial charge in [0.25, 0.3) is 11.8 Å². The van der Waals surface area contributed by atoms with Crippen molar-refractivity contribution in [1.82, 2.24) is 9.80 Å². The molecule has 1 heterocycles. The van der Waals surface area contributed by atoms with E-state index >= 15 is 0 Å². The van der Waals surface area contributed by atoms with Crippen molar-refractivity contribution >= 4 is 46.6 Å². The van der Waals surface area contributed by atoms with E-state index in [9.17, 15) is 14.0 Å².